The van der Waals surface area contributed by atoms with Gasteiger partial charge in [0.05, 0.1) is 39.5 Å². The van der Waals surface area contributed by atoms with Crippen molar-refractivity contribution in [3.63, 3.8) is 0 Å². The molecular weight excluding hydrogens is 268 g/mol. The first kappa shape index (κ1) is 11.6. The maximum Gasteiger partial charge on any atom is 0.106 e. The molecule has 0 fully saturated rings. The molecule has 0 radical (unpaired) electrons. The van der Waals surface area contributed by atoms with Crippen LogP contribution in [0, 0.1) is 0 Å². The summed E-state index contributed by atoms with van der Waals surface area (Å²) >= 11 is 7.85. The van der Waals surface area contributed by atoms with E-state index in [1.54, 1.807) is 23.9 Å². The highest BCUT2D eigenvalue weighted by Gasteiger charge is 2.13. The zero-order chi connectivity index (χ0) is 12.5. The number of rotatable bonds is 3. The average Bonchev–Trinajstić information content (AvgIpc) is 3.02. The molecule has 0 saturated heterocycles. The predicted octanol–water partition coefficient (Wildman–Crippen LogP) is 4.72. The smallest absolute Gasteiger partial charge is 0.106 e. The lowest BCUT2D eigenvalue weighted by Gasteiger charge is -2.15. The minimum absolute atomic E-state index is 0.119. The monoisotopic (exact) mass is 278 g/mol. The Bertz CT molecular complexity index is 663. The number of fused-ring (bicyclic) bond motifs is 1. The van der Waals surface area contributed by atoms with E-state index >= 15 is 0 Å². The van der Waals surface area contributed by atoms with E-state index in [1.807, 2.05) is 23.7 Å². The first-order valence-corrected chi connectivity index (χ1v) is 6.82. The van der Waals surface area contributed by atoms with Gasteiger partial charge in [0.25, 0.3) is 0 Å². The van der Waals surface area contributed by atoms with Crippen molar-refractivity contribution in [3.8, 4) is 0 Å². The Kier molecular flexibility index (Phi) is 2.97. The second-order valence-corrected chi connectivity index (χ2v) is 5.34. The number of hydrogen-bond donors (Lipinski definition) is 1. The first-order valence-electron chi connectivity index (χ1n) is 5.56. The van der Waals surface area contributed by atoms with Crippen molar-refractivity contribution in [1.82, 2.24) is 4.98 Å². The molecule has 1 aromatic carbocycles. The number of aromatic nitrogens is 1. The Balaban J connectivity index is 1.99. The van der Waals surface area contributed by atoms with Crippen LogP contribution < -0.4 is 5.32 Å². The lowest BCUT2D eigenvalue weighted by molar-refractivity contribution is 0.562. The van der Waals surface area contributed by atoms with Gasteiger partial charge in [-0.05, 0) is 25.1 Å². The number of benzene rings is 1. The molecule has 0 bridgehead atoms. The molecule has 0 amide bonds. The van der Waals surface area contributed by atoms with E-state index in [2.05, 4.69) is 17.2 Å². The average molecular weight is 279 g/mol. The highest BCUT2D eigenvalue weighted by Crippen LogP contribution is 2.34. The minimum Gasteiger partial charge on any atom is -0.472 e. The van der Waals surface area contributed by atoms with Gasteiger partial charge in [-0.25, -0.2) is 4.98 Å². The van der Waals surface area contributed by atoms with Crippen LogP contribution in [0.4, 0.5) is 5.69 Å². The van der Waals surface area contributed by atoms with E-state index in [0.717, 1.165) is 21.5 Å². The third-order valence-electron chi connectivity index (χ3n) is 2.86. The Hall–Kier alpha value is -1.52. The minimum atomic E-state index is 0.119. The molecule has 2 aromatic heterocycles. The number of nitrogens with zero attached hydrogens (tertiary/aromatic N) is 1. The van der Waals surface area contributed by atoms with Crippen molar-refractivity contribution >= 4 is 38.8 Å². The van der Waals surface area contributed by atoms with E-state index in [1.165, 1.54) is 0 Å². The molecule has 0 saturated carbocycles. The molecule has 3 nitrogen and oxygen atoms in total. The summed E-state index contributed by atoms with van der Waals surface area (Å²) in [7, 11) is 0. The second kappa shape index (κ2) is 4.63. The molecule has 3 aromatic rings. The van der Waals surface area contributed by atoms with Crippen molar-refractivity contribution < 1.29 is 4.42 Å². The van der Waals surface area contributed by atoms with Gasteiger partial charge in [-0.15, -0.1) is 11.3 Å². The normalized spacial score (nSPS) is 12.8. The van der Waals surface area contributed by atoms with Crippen LogP contribution in [0.25, 0.3) is 10.2 Å². The fraction of sp³-hybridized carbons (Fsp3) is 0.154. The van der Waals surface area contributed by atoms with Crippen LogP contribution in [0.5, 0.6) is 0 Å². The fourth-order valence-electron chi connectivity index (χ4n) is 1.87. The molecule has 1 unspecified atom stereocenters. The molecule has 0 aliphatic carbocycles. The third kappa shape index (κ3) is 1.98. The predicted molar refractivity (Wildman–Crippen MR) is 75.4 cm³/mol. The summed E-state index contributed by atoms with van der Waals surface area (Å²) in [5.41, 5.74) is 4.71. The van der Waals surface area contributed by atoms with Crippen LogP contribution in [0.2, 0.25) is 5.02 Å². The highest BCUT2D eigenvalue weighted by molar-refractivity contribution is 7.16. The first-order chi connectivity index (χ1) is 8.75. The van der Waals surface area contributed by atoms with E-state index in [9.17, 15) is 0 Å². The molecule has 0 aliphatic heterocycles. The van der Waals surface area contributed by atoms with Gasteiger partial charge >= 0.3 is 0 Å². The van der Waals surface area contributed by atoms with E-state index in [-0.39, 0.29) is 6.04 Å². The standard InChI is InChI=1S/C13H11ClN2OS/c1-8(9-4-5-17-6-9)16-12-10(14)2-3-11-13(12)15-7-18-11/h2-8,16H,1H3. The molecule has 0 aliphatic rings. The van der Waals surface area contributed by atoms with Crippen molar-refractivity contribution in [2.24, 2.45) is 0 Å². The van der Waals surface area contributed by atoms with Crippen molar-refractivity contribution in [2.75, 3.05) is 5.32 Å². The van der Waals surface area contributed by atoms with Gasteiger partial charge in [0.1, 0.15) is 5.52 Å². The largest absolute Gasteiger partial charge is 0.472 e. The zero-order valence-corrected chi connectivity index (χ0v) is 11.3. The zero-order valence-electron chi connectivity index (χ0n) is 9.68. The Morgan fingerprint density at radius 1 is 1.39 bits per heavy atom. The fourth-order valence-corrected chi connectivity index (χ4v) is 2.76. The number of furan rings is 1. The Labute approximate surface area is 113 Å². The molecule has 2 heterocycles. The summed E-state index contributed by atoms with van der Waals surface area (Å²) in [5.74, 6) is 0. The topological polar surface area (TPSA) is 38.1 Å². The molecule has 18 heavy (non-hydrogen) atoms. The lowest BCUT2D eigenvalue weighted by atomic mass is 10.1. The quantitative estimate of drug-likeness (QED) is 0.753. The Morgan fingerprint density at radius 3 is 3.06 bits per heavy atom. The molecule has 1 atom stereocenters. The van der Waals surface area contributed by atoms with Crippen LogP contribution in [0.3, 0.4) is 0 Å². The van der Waals surface area contributed by atoms with Gasteiger partial charge in [-0.1, -0.05) is 11.6 Å². The third-order valence-corrected chi connectivity index (χ3v) is 3.96. The van der Waals surface area contributed by atoms with Gasteiger partial charge in [-0.3, -0.25) is 0 Å². The highest BCUT2D eigenvalue weighted by atomic mass is 35.5. The van der Waals surface area contributed by atoms with E-state index < -0.39 is 0 Å². The molecule has 1 N–H and O–H groups in total. The summed E-state index contributed by atoms with van der Waals surface area (Å²) in [6, 6.07) is 5.94. The van der Waals surface area contributed by atoms with Gasteiger partial charge < -0.3 is 9.73 Å². The molecular formula is C13H11ClN2OS. The van der Waals surface area contributed by atoms with Gasteiger partial charge in [0.15, 0.2) is 0 Å². The lowest BCUT2D eigenvalue weighted by Crippen LogP contribution is -2.06. The maximum absolute atomic E-state index is 6.24. The molecule has 3 rings (SSSR count). The Morgan fingerprint density at radius 2 is 2.28 bits per heavy atom. The number of nitrogens with one attached hydrogen (secondary N) is 1. The number of anilines is 1. The van der Waals surface area contributed by atoms with Crippen molar-refractivity contribution in [3.05, 3.63) is 46.8 Å². The summed E-state index contributed by atoms with van der Waals surface area (Å²) in [6.07, 6.45) is 3.39. The van der Waals surface area contributed by atoms with Gasteiger partial charge in [0.2, 0.25) is 0 Å². The van der Waals surface area contributed by atoms with Crippen LogP contribution in [-0.4, -0.2) is 4.98 Å². The summed E-state index contributed by atoms with van der Waals surface area (Å²) in [5, 5.41) is 4.08. The van der Waals surface area contributed by atoms with Crippen molar-refractivity contribution in [2.45, 2.75) is 13.0 Å². The van der Waals surface area contributed by atoms with Gasteiger partial charge in [-0.2, -0.15) is 0 Å². The number of thiazole rings is 1. The second-order valence-electron chi connectivity index (χ2n) is 4.04. The maximum atomic E-state index is 6.24. The summed E-state index contributed by atoms with van der Waals surface area (Å²) in [6.45, 7) is 2.06. The number of halogens is 1. The SMILES string of the molecule is CC(Nc1c(Cl)ccc2scnc12)c1ccoc1. The molecule has 92 valence electrons. The molecule has 0 spiro atoms. The summed E-state index contributed by atoms with van der Waals surface area (Å²) < 4.78 is 6.22. The van der Waals surface area contributed by atoms with E-state index in [0.29, 0.717) is 5.02 Å². The van der Waals surface area contributed by atoms with E-state index in [4.69, 9.17) is 16.0 Å². The van der Waals surface area contributed by atoms with Crippen molar-refractivity contribution in [1.29, 1.82) is 0 Å². The number of hydrogen-bond acceptors (Lipinski definition) is 4. The van der Waals surface area contributed by atoms with Crippen LogP contribution >= 0.6 is 22.9 Å². The van der Waals surface area contributed by atoms with Gasteiger partial charge in [0, 0.05) is 5.56 Å². The van der Waals surface area contributed by atoms with Crippen LogP contribution in [0.1, 0.15) is 18.5 Å². The summed E-state index contributed by atoms with van der Waals surface area (Å²) in [4.78, 5) is 4.36. The van der Waals surface area contributed by atoms with Crippen LogP contribution in [-0.2, 0) is 0 Å². The molecule has 5 heteroatoms. The van der Waals surface area contributed by atoms with Crippen LogP contribution in [0.15, 0.2) is 40.7 Å².